The number of Topliss-reactive ketones (excluding diaryl/α,β-unsaturated/α-hetero) is 1. The molecule has 3 saturated carbocycles. The van der Waals surface area contributed by atoms with Crippen molar-refractivity contribution in [2.24, 2.45) is 17.8 Å². The van der Waals surface area contributed by atoms with Crippen LogP contribution in [0, 0.1) is 17.8 Å². The highest BCUT2D eigenvalue weighted by Gasteiger charge is 2.61. The molecule has 2 saturated heterocycles. The molecule has 9 unspecified atom stereocenters. The Kier molecular flexibility index (Phi) is 10.2. The standard InChI is InChI=1S/C36H56FN5O5/c1-36(2,3)47-35(45)39-24-13-16-41(20-24)31-27(37)19-25-30-33(31)46-29-18-23-12-8-7-11-22(23)17-28(29)42(30)21-26(32(25)43)34(44)38-14-9-6-10-15-40(4)5/h10,15,21-25,27-31,33H,6-9,11-14,16-20H2,1-5H3,(H,38,44)(H,39,45)/t22?,23?,24-,25?,27?,28?,29?,30?,31?,33?/m1/s1. The Bertz CT molecular complexity index is 1230. The number of ketones is 1. The van der Waals surface area contributed by atoms with Gasteiger partial charge in [-0.1, -0.05) is 31.8 Å². The molecule has 0 spiro atoms. The fourth-order valence-electron chi connectivity index (χ4n) is 9.32. The first-order valence-electron chi connectivity index (χ1n) is 18.1. The second-order valence-electron chi connectivity index (χ2n) is 16.0. The lowest BCUT2D eigenvalue weighted by molar-refractivity contribution is -0.219. The quantitative estimate of drug-likeness (QED) is 0.297. The fourth-order valence-corrected chi connectivity index (χ4v) is 9.32. The average Bonchev–Trinajstić information content (AvgIpc) is 3.45. The number of morpholine rings is 1. The van der Waals surface area contributed by atoms with E-state index in [0.717, 1.165) is 25.7 Å². The highest BCUT2D eigenvalue weighted by molar-refractivity contribution is 6.20. The van der Waals surface area contributed by atoms with Crippen molar-refractivity contribution in [3.8, 4) is 0 Å². The molecule has 3 aliphatic carbocycles. The molecule has 11 heteroatoms. The molecule has 2 N–H and O–H groups in total. The Hall–Kier alpha value is -2.66. The number of hydrogen-bond donors (Lipinski definition) is 2. The number of nitrogens with zero attached hydrogens (tertiary/aromatic N) is 3. The van der Waals surface area contributed by atoms with E-state index in [1.165, 1.54) is 25.7 Å². The van der Waals surface area contributed by atoms with Crippen LogP contribution in [0.3, 0.4) is 0 Å². The van der Waals surface area contributed by atoms with Gasteiger partial charge in [0.05, 0.1) is 35.9 Å². The van der Waals surface area contributed by atoms with Crippen LogP contribution < -0.4 is 10.6 Å². The van der Waals surface area contributed by atoms with Crippen LogP contribution in [0.5, 0.6) is 0 Å². The first-order chi connectivity index (χ1) is 22.4. The second-order valence-corrected chi connectivity index (χ2v) is 16.0. The van der Waals surface area contributed by atoms with Crippen LogP contribution in [0.25, 0.3) is 0 Å². The van der Waals surface area contributed by atoms with Gasteiger partial charge in [0.1, 0.15) is 11.8 Å². The summed E-state index contributed by atoms with van der Waals surface area (Å²) < 4.78 is 29.0. The van der Waals surface area contributed by atoms with E-state index in [0.29, 0.717) is 37.9 Å². The van der Waals surface area contributed by atoms with Crippen LogP contribution >= 0.6 is 0 Å². The third-order valence-corrected chi connectivity index (χ3v) is 11.3. The number of likely N-dealkylation sites (tertiary alicyclic amines) is 1. The van der Waals surface area contributed by atoms with Crippen LogP contribution in [-0.2, 0) is 19.1 Å². The van der Waals surface area contributed by atoms with Crippen molar-refractivity contribution >= 4 is 17.8 Å². The molecule has 0 bridgehead atoms. The average molecular weight is 658 g/mol. The molecule has 2 amide bonds. The summed E-state index contributed by atoms with van der Waals surface area (Å²) in [7, 11) is 3.94. The number of carbonyl (C=O) groups is 3. The topological polar surface area (TPSA) is 103 Å². The molecular formula is C36H56FN5O5. The number of alkyl carbamates (subject to hydrolysis) is 1. The number of ether oxygens (including phenoxy) is 2. The summed E-state index contributed by atoms with van der Waals surface area (Å²) >= 11 is 0. The molecule has 3 aliphatic heterocycles. The van der Waals surface area contributed by atoms with Gasteiger partial charge >= 0.3 is 6.09 Å². The van der Waals surface area contributed by atoms with Crippen molar-refractivity contribution < 1.29 is 28.2 Å². The van der Waals surface area contributed by atoms with Gasteiger partial charge in [-0.05, 0) is 77.3 Å². The maximum absolute atomic E-state index is 16.5. The second kappa shape index (κ2) is 14.1. The molecule has 47 heavy (non-hydrogen) atoms. The largest absolute Gasteiger partial charge is 0.444 e. The summed E-state index contributed by atoms with van der Waals surface area (Å²) in [4.78, 5) is 46.4. The van der Waals surface area contributed by atoms with Crippen molar-refractivity contribution in [2.75, 3.05) is 33.7 Å². The molecule has 6 aliphatic rings. The van der Waals surface area contributed by atoms with Gasteiger partial charge in [0.15, 0.2) is 5.78 Å². The van der Waals surface area contributed by atoms with Crippen LogP contribution in [0.1, 0.15) is 85.0 Å². The van der Waals surface area contributed by atoms with Crippen LogP contribution in [0.4, 0.5) is 9.18 Å². The van der Waals surface area contributed by atoms with E-state index in [1.807, 2.05) is 52.2 Å². The van der Waals surface area contributed by atoms with E-state index in [2.05, 4.69) is 26.5 Å². The van der Waals surface area contributed by atoms with Crippen LogP contribution in [0.15, 0.2) is 24.0 Å². The van der Waals surface area contributed by atoms with E-state index in [9.17, 15) is 14.4 Å². The smallest absolute Gasteiger partial charge is 0.407 e. The van der Waals surface area contributed by atoms with Gasteiger partial charge in [-0.25, -0.2) is 9.18 Å². The van der Waals surface area contributed by atoms with Gasteiger partial charge in [0.25, 0.3) is 5.91 Å². The maximum atomic E-state index is 16.5. The molecule has 5 fully saturated rings. The maximum Gasteiger partial charge on any atom is 0.407 e. The first kappa shape index (κ1) is 34.2. The van der Waals surface area contributed by atoms with E-state index in [1.54, 1.807) is 0 Å². The van der Waals surface area contributed by atoms with Gasteiger partial charge in [0.2, 0.25) is 0 Å². The number of unbranched alkanes of at least 4 members (excludes halogenated alkanes) is 1. The predicted molar refractivity (Wildman–Crippen MR) is 177 cm³/mol. The minimum atomic E-state index is -1.29. The first-order valence-corrected chi connectivity index (χ1v) is 18.1. The molecule has 3 heterocycles. The van der Waals surface area contributed by atoms with Crippen molar-refractivity contribution in [1.82, 2.24) is 25.3 Å². The number of fused-ring (bicyclic) bond motifs is 3. The van der Waals surface area contributed by atoms with Crippen molar-refractivity contribution in [3.63, 3.8) is 0 Å². The Labute approximate surface area is 279 Å². The number of allylic oxidation sites excluding steroid dienone is 1. The molecule has 262 valence electrons. The Morgan fingerprint density at radius 2 is 1.85 bits per heavy atom. The number of alkyl halides is 1. The number of carbonyl (C=O) groups excluding carboxylic acids is 3. The lowest BCUT2D eigenvalue weighted by Crippen LogP contribution is -2.73. The predicted octanol–water partition coefficient (Wildman–Crippen LogP) is 4.16. The van der Waals surface area contributed by atoms with Gasteiger partial charge < -0.3 is 29.9 Å². The number of hydrogen-bond acceptors (Lipinski definition) is 8. The Morgan fingerprint density at radius 3 is 2.57 bits per heavy atom. The number of amides is 2. The Morgan fingerprint density at radius 1 is 1.11 bits per heavy atom. The molecule has 6 rings (SSSR count). The lowest BCUT2D eigenvalue weighted by Gasteiger charge is -2.61. The van der Waals surface area contributed by atoms with Crippen molar-refractivity contribution in [2.45, 2.75) is 133 Å². The van der Waals surface area contributed by atoms with Gasteiger partial charge in [-0.2, -0.15) is 0 Å². The third kappa shape index (κ3) is 7.51. The third-order valence-electron chi connectivity index (χ3n) is 11.3. The zero-order chi connectivity index (χ0) is 33.5. The fraction of sp³-hybridized carbons (Fsp3) is 0.806. The molecule has 0 aromatic carbocycles. The normalized spacial score (nSPS) is 37.0. The zero-order valence-electron chi connectivity index (χ0n) is 29.0. The molecule has 0 aromatic heterocycles. The van der Waals surface area contributed by atoms with Crippen molar-refractivity contribution in [1.29, 1.82) is 0 Å². The summed E-state index contributed by atoms with van der Waals surface area (Å²) in [6.07, 6.45) is 12.7. The van der Waals surface area contributed by atoms with Crippen LogP contribution in [-0.4, -0.2) is 114 Å². The van der Waals surface area contributed by atoms with Crippen molar-refractivity contribution in [3.05, 3.63) is 24.0 Å². The molecule has 0 radical (unpaired) electrons. The molecular weight excluding hydrogens is 601 g/mol. The highest BCUT2D eigenvalue weighted by atomic mass is 19.1. The minimum absolute atomic E-state index is 0.0641. The minimum Gasteiger partial charge on any atom is -0.444 e. The van der Waals surface area contributed by atoms with Crippen LogP contribution in [0.2, 0.25) is 0 Å². The summed E-state index contributed by atoms with van der Waals surface area (Å²) in [5.74, 6) is -0.0303. The highest BCUT2D eigenvalue weighted by Crippen LogP contribution is 2.51. The summed E-state index contributed by atoms with van der Waals surface area (Å²) in [6.45, 7) is 7.10. The van der Waals surface area contributed by atoms with E-state index in [-0.39, 0.29) is 47.9 Å². The molecule has 10 atom stereocenters. The van der Waals surface area contributed by atoms with Gasteiger partial charge in [-0.15, -0.1) is 0 Å². The van der Waals surface area contributed by atoms with E-state index in [4.69, 9.17) is 9.47 Å². The van der Waals surface area contributed by atoms with Gasteiger partial charge in [0, 0.05) is 51.9 Å². The number of nitrogens with one attached hydrogen (secondary N) is 2. The summed E-state index contributed by atoms with van der Waals surface area (Å²) in [5.41, 5.74) is -0.438. The molecule has 0 aromatic rings. The SMILES string of the molecule is CN(C)C=CCCCNC(=O)C1=CN2C3CC4CCCCC4CC3OC3C(N4CC[C@@H](NC(=O)OC(C)(C)C)C4)C(F)CC(C1=O)C32. The zero-order valence-corrected chi connectivity index (χ0v) is 29.0. The summed E-state index contributed by atoms with van der Waals surface area (Å²) in [6, 6.07) is -0.920. The Balaban J connectivity index is 1.22. The number of halogens is 1. The monoisotopic (exact) mass is 657 g/mol. The molecule has 10 nitrogen and oxygen atoms in total. The summed E-state index contributed by atoms with van der Waals surface area (Å²) in [5, 5.41) is 5.95. The number of rotatable bonds is 8. The van der Waals surface area contributed by atoms with Gasteiger partial charge in [-0.3, -0.25) is 14.5 Å². The lowest BCUT2D eigenvalue weighted by atomic mass is 9.64. The van der Waals surface area contributed by atoms with E-state index >= 15 is 4.39 Å². The van der Waals surface area contributed by atoms with E-state index < -0.39 is 35.9 Å².